The van der Waals surface area contributed by atoms with Gasteiger partial charge in [0.05, 0.1) is 16.7 Å². The monoisotopic (exact) mass is 467 g/mol. The number of hydrogen-bond acceptors (Lipinski definition) is 5. The van der Waals surface area contributed by atoms with E-state index >= 15 is 0 Å². The Bertz CT molecular complexity index is 1240. The fraction of sp³-hybridized carbons (Fsp3) is 0.292. The zero-order valence-electron chi connectivity index (χ0n) is 18.5. The van der Waals surface area contributed by atoms with Crippen molar-refractivity contribution in [2.75, 3.05) is 11.4 Å². The molecule has 3 aromatic carbocycles. The maximum absolute atomic E-state index is 13.4. The van der Waals surface area contributed by atoms with Crippen molar-refractivity contribution in [3.8, 4) is 5.75 Å². The molecule has 0 spiro atoms. The number of ether oxygens (including phenoxy) is 1. The van der Waals surface area contributed by atoms with Crippen LogP contribution in [0.5, 0.6) is 5.75 Å². The van der Waals surface area contributed by atoms with Gasteiger partial charge in [-0.1, -0.05) is 42.5 Å². The average molecular weight is 468 g/mol. The molecule has 8 nitrogen and oxygen atoms in total. The number of nitrogens with zero attached hydrogens (tertiary/aromatic N) is 2. The summed E-state index contributed by atoms with van der Waals surface area (Å²) in [4.78, 5) is 0.279. The summed E-state index contributed by atoms with van der Waals surface area (Å²) >= 11 is 0. The van der Waals surface area contributed by atoms with Crippen molar-refractivity contribution >= 4 is 32.4 Å². The molecule has 1 saturated carbocycles. The van der Waals surface area contributed by atoms with Crippen LogP contribution in [0.25, 0.3) is 10.8 Å². The minimum Gasteiger partial charge on any atom is -0.490 e. The lowest BCUT2D eigenvalue weighted by Crippen LogP contribution is -2.36. The first-order chi connectivity index (χ1) is 15.8. The van der Waals surface area contributed by atoms with Crippen LogP contribution >= 0.6 is 0 Å². The quantitative estimate of drug-likeness (QED) is 0.279. The Kier molecular flexibility index (Phi) is 6.60. The summed E-state index contributed by atoms with van der Waals surface area (Å²) in [7, 11) is -2.19. The summed E-state index contributed by atoms with van der Waals surface area (Å²) in [6, 6.07) is 20.2. The highest BCUT2D eigenvalue weighted by Gasteiger charge is 2.25. The van der Waals surface area contributed by atoms with Crippen LogP contribution in [0.2, 0.25) is 0 Å². The number of hydrazone groups is 1. The normalized spacial score (nSPS) is 18.5. The number of nitrogens with two attached hydrogens (primary N) is 2. The smallest absolute Gasteiger partial charge is 0.264 e. The molecule has 0 saturated heterocycles. The van der Waals surface area contributed by atoms with Gasteiger partial charge in [0.2, 0.25) is 5.96 Å². The Morgan fingerprint density at radius 3 is 2.45 bits per heavy atom. The summed E-state index contributed by atoms with van der Waals surface area (Å²) < 4.78 is 34.4. The third-order valence-electron chi connectivity index (χ3n) is 5.92. The van der Waals surface area contributed by atoms with Crippen LogP contribution in [0.3, 0.4) is 0 Å². The largest absolute Gasteiger partial charge is 0.490 e. The number of nitrogens with one attached hydrogen (secondary N) is 1. The summed E-state index contributed by atoms with van der Waals surface area (Å²) in [5, 5.41) is 5.46. The van der Waals surface area contributed by atoms with Crippen molar-refractivity contribution in [3.05, 3.63) is 66.7 Å². The second-order valence-corrected chi connectivity index (χ2v) is 10.1. The van der Waals surface area contributed by atoms with Gasteiger partial charge in [-0.05, 0) is 49.3 Å². The van der Waals surface area contributed by atoms with Gasteiger partial charge in [-0.25, -0.2) is 8.42 Å². The van der Waals surface area contributed by atoms with Gasteiger partial charge in [-0.2, -0.15) is 0 Å². The first-order valence-electron chi connectivity index (χ1n) is 10.9. The summed E-state index contributed by atoms with van der Waals surface area (Å²) in [6.07, 6.45) is 3.53. The molecule has 0 aliphatic heterocycles. The van der Waals surface area contributed by atoms with E-state index in [1.165, 1.54) is 4.31 Å². The summed E-state index contributed by atoms with van der Waals surface area (Å²) in [5.74, 6) is 0.667. The zero-order chi connectivity index (χ0) is 23.4. The summed E-state index contributed by atoms with van der Waals surface area (Å²) in [6.45, 7) is 0. The molecule has 1 fully saturated rings. The van der Waals surface area contributed by atoms with Gasteiger partial charge in [-0.15, -0.1) is 5.10 Å². The fourth-order valence-corrected chi connectivity index (χ4v) is 5.53. The lowest BCUT2D eigenvalue weighted by atomic mass is 9.93. The third-order valence-corrected chi connectivity index (χ3v) is 7.77. The third kappa shape index (κ3) is 5.14. The minimum atomic E-state index is -3.75. The second-order valence-electron chi connectivity index (χ2n) is 8.20. The van der Waals surface area contributed by atoms with E-state index in [4.69, 9.17) is 16.2 Å². The highest BCUT2D eigenvalue weighted by Crippen LogP contribution is 2.31. The minimum absolute atomic E-state index is 0.0211. The Morgan fingerprint density at radius 1 is 1.00 bits per heavy atom. The molecule has 3 aromatic rings. The standard InChI is InChI=1S/C24H29N5O3S/c1-29(33(30,31)23-11-4-7-17-6-2-3-10-22(17)23)19-8-5-9-21(16-19)32-20-14-12-18(13-15-20)27-28-24(25)26/h2-11,16,18,20,27H,12-15H2,1H3,(H4,25,26,28). The molecule has 0 bridgehead atoms. The number of sulfonamides is 1. The highest BCUT2D eigenvalue weighted by molar-refractivity contribution is 7.93. The molecule has 0 aromatic heterocycles. The van der Waals surface area contributed by atoms with E-state index in [0.717, 1.165) is 31.1 Å². The van der Waals surface area contributed by atoms with E-state index in [-0.39, 0.29) is 23.0 Å². The second kappa shape index (κ2) is 9.58. The van der Waals surface area contributed by atoms with Crippen LogP contribution in [0.15, 0.2) is 76.7 Å². The molecule has 4 rings (SSSR count). The van der Waals surface area contributed by atoms with Crippen molar-refractivity contribution in [1.82, 2.24) is 5.43 Å². The number of guanidine groups is 1. The molecular weight excluding hydrogens is 438 g/mol. The molecular formula is C24H29N5O3S. The van der Waals surface area contributed by atoms with Gasteiger partial charge in [0.25, 0.3) is 10.0 Å². The average Bonchev–Trinajstić information content (AvgIpc) is 2.83. The lowest BCUT2D eigenvalue weighted by Gasteiger charge is -2.29. The predicted octanol–water partition coefficient (Wildman–Crippen LogP) is 3.13. The molecule has 33 heavy (non-hydrogen) atoms. The lowest BCUT2D eigenvalue weighted by molar-refractivity contribution is 0.140. The maximum Gasteiger partial charge on any atom is 0.264 e. The van der Waals surface area contributed by atoms with Crippen LogP contribution in [0.1, 0.15) is 25.7 Å². The van der Waals surface area contributed by atoms with Crippen molar-refractivity contribution in [2.24, 2.45) is 16.6 Å². The molecule has 5 N–H and O–H groups in total. The molecule has 0 heterocycles. The SMILES string of the molecule is CN(c1cccc(OC2CCC(NN=C(N)N)CC2)c1)S(=O)(=O)c1cccc2ccccc12. The molecule has 0 unspecified atom stereocenters. The molecule has 1 aliphatic carbocycles. The van der Waals surface area contributed by atoms with E-state index in [9.17, 15) is 8.42 Å². The van der Waals surface area contributed by atoms with Crippen molar-refractivity contribution in [2.45, 2.75) is 42.7 Å². The van der Waals surface area contributed by atoms with Crippen molar-refractivity contribution in [1.29, 1.82) is 0 Å². The molecule has 0 radical (unpaired) electrons. The van der Waals surface area contributed by atoms with Crippen LogP contribution < -0.4 is 25.9 Å². The van der Waals surface area contributed by atoms with Crippen LogP contribution in [0.4, 0.5) is 5.69 Å². The number of anilines is 1. The summed E-state index contributed by atoms with van der Waals surface area (Å²) in [5.41, 5.74) is 14.3. The van der Waals surface area contributed by atoms with Gasteiger partial charge in [0.1, 0.15) is 5.75 Å². The molecule has 9 heteroatoms. The number of fused-ring (bicyclic) bond motifs is 1. The van der Waals surface area contributed by atoms with Gasteiger partial charge in [-0.3, -0.25) is 4.31 Å². The van der Waals surface area contributed by atoms with E-state index in [1.807, 2.05) is 42.5 Å². The van der Waals surface area contributed by atoms with E-state index in [0.29, 0.717) is 16.8 Å². The Morgan fingerprint density at radius 2 is 1.70 bits per heavy atom. The molecule has 0 amide bonds. The Labute approximate surface area is 194 Å². The molecule has 174 valence electrons. The van der Waals surface area contributed by atoms with E-state index in [1.54, 1.807) is 31.3 Å². The predicted molar refractivity (Wildman–Crippen MR) is 132 cm³/mol. The Balaban J connectivity index is 1.48. The molecule has 0 atom stereocenters. The number of hydrogen-bond donors (Lipinski definition) is 3. The number of rotatable bonds is 7. The van der Waals surface area contributed by atoms with Gasteiger partial charge >= 0.3 is 0 Å². The highest BCUT2D eigenvalue weighted by atomic mass is 32.2. The van der Waals surface area contributed by atoms with Crippen molar-refractivity contribution < 1.29 is 13.2 Å². The van der Waals surface area contributed by atoms with Crippen LogP contribution in [-0.2, 0) is 10.0 Å². The van der Waals surface area contributed by atoms with Gasteiger partial charge in [0, 0.05) is 24.5 Å². The van der Waals surface area contributed by atoms with E-state index in [2.05, 4.69) is 10.5 Å². The molecule has 1 aliphatic rings. The maximum atomic E-state index is 13.4. The van der Waals surface area contributed by atoms with Gasteiger partial charge in [0.15, 0.2) is 0 Å². The fourth-order valence-electron chi connectivity index (χ4n) is 4.13. The zero-order valence-corrected chi connectivity index (χ0v) is 19.3. The topological polar surface area (TPSA) is 123 Å². The van der Waals surface area contributed by atoms with E-state index < -0.39 is 10.0 Å². The first-order valence-corrected chi connectivity index (χ1v) is 12.4. The van der Waals surface area contributed by atoms with Crippen molar-refractivity contribution in [3.63, 3.8) is 0 Å². The van der Waals surface area contributed by atoms with Crippen LogP contribution in [-0.4, -0.2) is 33.6 Å². The Hall–Kier alpha value is -3.46. The first kappa shape index (κ1) is 22.7. The van der Waals surface area contributed by atoms with Gasteiger partial charge < -0.3 is 21.6 Å². The van der Waals surface area contributed by atoms with Crippen LogP contribution in [0, 0.1) is 0 Å². The number of benzene rings is 3.